The molecule has 1 aromatic carbocycles. The molecule has 0 aliphatic rings. The van der Waals surface area contributed by atoms with Crippen LogP contribution in [0, 0.1) is 27.6 Å². The Labute approximate surface area is 234 Å². The van der Waals surface area contributed by atoms with Gasteiger partial charge in [-0.1, -0.05) is 92.6 Å². The molecule has 0 saturated heterocycles. The van der Waals surface area contributed by atoms with Gasteiger partial charge in [0.1, 0.15) is 6.61 Å². The van der Waals surface area contributed by atoms with Crippen LogP contribution in [0.15, 0.2) is 30.3 Å². The summed E-state index contributed by atoms with van der Waals surface area (Å²) < 4.78 is 17.7. The number of aliphatic hydroxyl groups is 3. The molecule has 0 spiro atoms. The maximum absolute atomic E-state index is 13.6. The zero-order valence-corrected chi connectivity index (χ0v) is 26.2. The van der Waals surface area contributed by atoms with Gasteiger partial charge in [0, 0.05) is 10.8 Å². The van der Waals surface area contributed by atoms with E-state index in [0.717, 1.165) is 6.42 Å². The smallest absolute Gasteiger partial charge is 0.312 e. The van der Waals surface area contributed by atoms with E-state index in [4.69, 9.17) is 9.84 Å². The molecule has 220 valence electrons. The van der Waals surface area contributed by atoms with Gasteiger partial charge in [-0.15, -0.1) is 0 Å². The lowest BCUT2D eigenvalue weighted by molar-refractivity contribution is -0.167. The topological polar surface area (TPSA) is 104 Å². The minimum absolute atomic E-state index is 0.120. The third kappa shape index (κ3) is 10.0. The number of carbonyl (C=O) groups is 1. The Morgan fingerprint density at radius 3 is 1.89 bits per heavy atom. The quantitative estimate of drug-likeness (QED) is 0.269. The van der Waals surface area contributed by atoms with Gasteiger partial charge in [-0.05, 0) is 53.4 Å². The van der Waals surface area contributed by atoms with Crippen LogP contribution in [-0.4, -0.2) is 62.4 Å². The average Bonchev–Trinajstić information content (AvgIpc) is 2.79. The molecule has 0 radical (unpaired) electrons. The Bertz CT molecular complexity index is 886. The first-order chi connectivity index (χ1) is 17.2. The largest absolute Gasteiger partial charge is 0.462 e. The number of hydrogen-bond acceptors (Lipinski definition) is 6. The van der Waals surface area contributed by atoms with Crippen molar-refractivity contribution in [3.8, 4) is 0 Å². The van der Waals surface area contributed by atoms with Crippen molar-refractivity contribution in [2.45, 2.75) is 100 Å². The molecule has 0 aliphatic carbocycles. The van der Waals surface area contributed by atoms with Gasteiger partial charge in [-0.2, -0.15) is 0 Å². The summed E-state index contributed by atoms with van der Waals surface area (Å²) in [6.45, 7) is 20.9. The van der Waals surface area contributed by atoms with Gasteiger partial charge in [0.2, 0.25) is 0 Å². The van der Waals surface area contributed by atoms with Crippen molar-refractivity contribution in [1.29, 1.82) is 0 Å². The van der Waals surface area contributed by atoms with Crippen LogP contribution in [0.1, 0.15) is 93.6 Å². The van der Waals surface area contributed by atoms with Gasteiger partial charge in [0.05, 0.1) is 35.7 Å². The summed E-state index contributed by atoms with van der Waals surface area (Å²) in [5.74, 6) is -0.175. The summed E-state index contributed by atoms with van der Waals surface area (Å²) >= 11 is 0. The highest BCUT2D eigenvalue weighted by Crippen LogP contribution is 2.53. The van der Waals surface area contributed by atoms with Crippen molar-refractivity contribution in [2.24, 2.45) is 27.6 Å². The minimum Gasteiger partial charge on any atom is -0.462 e. The van der Waals surface area contributed by atoms with E-state index in [-0.39, 0.29) is 40.8 Å². The van der Waals surface area contributed by atoms with Crippen LogP contribution in [0.3, 0.4) is 0 Å². The van der Waals surface area contributed by atoms with Crippen molar-refractivity contribution in [2.75, 3.05) is 24.7 Å². The second-order valence-corrected chi connectivity index (χ2v) is 15.6. The van der Waals surface area contributed by atoms with Gasteiger partial charge in [0.25, 0.3) is 0 Å². The fourth-order valence-corrected chi connectivity index (χ4v) is 6.15. The summed E-state index contributed by atoms with van der Waals surface area (Å²) in [4.78, 5) is 13.6. The molecule has 1 rings (SSSR count). The fraction of sp³-hybridized carbons (Fsp3) is 0.774. The Hall–Kier alpha value is -1.28. The number of carbonyl (C=O) groups excluding carboxylic acids is 1. The molecule has 6 atom stereocenters. The Balaban J connectivity index is 3.11. The molecule has 0 bridgehead atoms. The van der Waals surface area contributed by atoms with Gasteiger partial charge >= 0.3 is 5.97 Å². The van der Waals surface area contributed by atoms with Gasteiger partial charge in [0.15, 0.2) is 0 Å². The summed E-state index contributed by atoms with van der Waals surface area (Å²) in [6.07, 6.45) is -0.588. The highest BCUT2D eigenvalue weighted by molar-refractivity contribution is 7.85. The maximum Gasteiger partial charge on any atom is 0.312 e. The molecule has 3 N–H and O–H groups in total. The third-order valence-corrected chi connectivity index (χ3v) is 9.89. The lowest BCUT2D eigenvalue weighted by Gasteiger charge is -2.48. The van der Waals surface area contributed by atoms with Crippen molar-refractivity contribution in [3.05, 3.63) is 35.9 Å². The van der Waals surface area contributed by atoms with E-state index in [9.17, 15) is 19.2 Å². The lowest BCUT2D eigenvalue weighted by Crippen LogP contribution is -2.46. The third-order valence-electron chi connectivity index (χ3n) is 8.38. The molecule has 0 fully saturated rings. The molecule has 0 aliphatic heterocycles. The van der Waals surface area contributed by atoms with Gasteiger partial charge < -0.3 is 20.1 Å². The zero-order valence-electron chi connectivity index (χ0n) is 25.4. The van der Waals surface area contributed by atoms with E-state index in [1.807, 2.05) is 33.8 Å². The van der Waals surface area contributed by atoms with E-state index < -0.39 is 40.4 Å². The van der Waals surface area contributed by atoms with Crippen LogP contribution >= 0.6 is 0 Å². The van der Waals surface area contributed by atoms with Gasteiger partial charge in [-0.3, -0.25) is 9.00 Å². The van der Waals surface area contributed by atoms with Crippen LogP contribution in [-0.2, 0) is 20.3 Å². The summed E-state index contributed by atoms with van der Waals surface area (Å²) in [5, 5.41) is 28.7. The number of hydrogen-bond donors (Lipinski definition) is 3. The minimum atomic E-state index is -1.54. The van der Waals surface area contributed by atoms with Crippen molar-refractivity contribution in [1.82, 2.24) is 0 Å². The SMILES string of the molecule is CC(CC(C)(C(=O)OCC(O)CS(=O)CC(O)CO)C(C)(C)C)C(C)(C)C(CC(C)(C)C)c1ccccc1. The molecule has 38 heavy (non-hydrogen) atoms. The van der Waals surface area contributed by atoms with E-state index in [0.29, 0.717) is 12.3 Å². The van der Waals surface area contributed by atoms with E-state index in [1.165, 1.54) is 5.56 Å². The van der Waals surface area contributed by atoms with Crippen LogP contribution in [0.4, 0.5) is 0 Å². The molecule has 1 aromatic rings. The number of aliphatic hydroxyl groups excluding tert-OH is 3. The zero-order chi connectivity index (χ0) is 29.5. The fourth-order valence-electron chi connectivity index (χ4n) is 4.95. The first-order valence-electron chi connectivity index (χ1n) is 13.8. The average molecular weight is 555 g/mol. The molecule has 0 saturated carbocycles. The molecule has 0 aromatic heterocycles. The Kier molecular flexibility index (Phi) is 12.7. The van der Waals surface area contributed by atoms with Crippen LogP contribution in [0.2, 0.25) is 0 Å². The Morgan fingerprint density at radius 1 is 0.895 bits per heavy atom. The maximum atomic E-state index is 13.6. The van der Waals surface area contributed by atoms with E-state index >= 15 is 0 Å². The summed E-state index contributed by atoms with van der Waals surface area (Å²) in [5.41, 5.74) is 0.0958. The number of esters is 1. The van der Waals surface area contributed by atoms with Crippen LogP contribution in [0.25, 0.3) is 0 Å². The monoisotopic (exact) mass is 554 g/mol. The second kappa shape index (κ2) is 13.9. The lowest BCUT2D eigenvalue weighted by atomic mass is 9.56. The van der Waals surface area contributed by atoms with Crippen molar-refractivity contribution >= 4 is 16.8 Å². The molecule has 6 nitrogen and oxygen atoms in total. The Morgan fingerprint density at radius 2 is 1.42 bits per heavy atom. The van der Waals surface area contributed by atoms with Crippen LogP contribution < -0.4 is 0 Å². The molecule has 0 heterocycles. The summed E-state index contributed by atoms with van der Waals surface area (Å²) in [6, 6.07) is 10.6. The highest BCUT2D eigenvalue weighted by atomic mass is 32.2. The summed E-state index contributed by atoms with van der Waals surface area (Å²) in [7, 11) is -1.54. The van der Waals surface area contributed by atoms with Crippen LogP contribution in [0.5, 0.6) is 0 Å². The van der Waals surface area contributed by atoms with Crippen molar-refractivity contribution < 1.29 is 29.1 Å². The number of rotatable bonds is 14. The molecular weight excluding hydrogens is 500 g/mol. The predicted octanol–water partition coefficient (Wildman–Crippen LogP) is 5.32. The molecule has 6 unspecified atom stereocenters. The first-order valence-corrected chi connectivity index (χ1v) is 15.3. The van der Waals surface area contributed by atoms with Crippen molar-refractivity contribution in [3.63, 3.8) is 0 Å². The predicted molar refractivity (Wildman–Crippen MR) is 156 cm³/mol. The standard InChI is InChI=1S/C31H54O6S/c1-22(30(8,9)26(17-28(2,3)4)23-14-12-11-13-15-23)16-31(10,29(5,6)7)27(35)37-19-25(34)21-38(36)20-24(33)18-32/h11-15,22,24-26,32-34H,16-21H2,1-10H3. The normalized spacial score (nSPS) is 18.7. The van der Waals surface area contributed by atoms with Gasteiger partial charge in [-0.25, -0.2) is 0 Å². The number of ether oxygens (including phenoxy) is 1. The molecule has 7 heteroatoms. The molecular formula is C31H54O6S. The first kappa shape index (κ1) is 34.7. The second-order valence-electron chi connectivity index (χ2n) is 14.1. The van der Waals surface area contributed by atoms with E-state index in [1.54, 1.807) is 0 Å². The van der Waals surface area contributed by atoms with E-state index in [2.05, 4.69) is 65.8 Å². The highest BCUT2D eigenvalue weighted by Gasteiger charge is 2.49. The number of benzene rings is 1. The molecule has 0 amide bonds.